The molecule has 0 amide bonds. The topological polar surface area (TPSA) is 109 Å². The lowest BCUT2D eigenvalue weighted by Crippen LogP contribution is -2.41. The van der Waals surface area contributed by atoms with Crippen molar-refractivity contribution in [3.63, 3.8) is 0 Å². The van der Waals surface area contributed by atoms with Crippen LogP contribution < -0.4 is 0 Å². The Balaban J connectivity index is 0.000000368. The molecule has 8 nitrogen and oxygen atoms in total. The van der Waals surface area contributed by atoms with Gasteiger partial charge in [0.05, 0.1) is 14.7 Å². The Kier molecular flexibility index (Phi) is 18.9. The highest BCUT2D eigenvalue weighted by molar-refractivity contribution is 9.08. The second kappa shape index (κ2) is 20.1. The Bertz CT molecular complexity index is 1630. The van der Waals surface area contributed by atoms with Crippen LogP contribution in [0.1, 0.15) is 72.1 Å². The summed E-state index contributed by atoms with van der Waals surface area (Å²) in [7, 11) is -5.30. The van der Waals surface area contributed by atoms with E-state index in [4.69, 9.17) is 22.3 Å². The van der Waals surface area contributed by atoms with E-state index in [1.54, 1.807) is 48.5 Å². The van der Waals surface area contributed by atoms with Crippen molar-refractivity contribution in [1.29, 1.82) is 0 Å². The third-order valence-electron chi connectivity index (χ3n) is 6.70. The first-order valence-electron chi connectivity index (χ1n) is 15.1. The first-order valence-corrected chi connectivity index (χ1v) is 23.1. The molecule has 3 aromatic carbocycles. The second-order valence-corrected chi connectivity index (χ2v) is 19.5. The zero-order chi connectivity index (χ0) is 37.0. The first-order chi connectivity index (χ1) is 22.1. The molecule has 0 heterocycles. The molecule has 0 bridgehead atoms. The monoisotopic (exact) mass is 890 g/mol. The number of hydrogen-bond acceptors (Lipinski definition) is 6. The minimum atomic E-state index is -3.57. The summed E-state index contributed by atoms with van der Waals surface area (Å²) in [5, 5.41) is 1.43. The third-order valence-corrected chi connectivity index (χ3v) is 14.2. The number of alkyl halides is 3. The van der Waals surface area contributed by atoms with Crippen molar-refractivity contribution in [3.05, 3.63) is 89.5 Å². The lowest BCUT2D eigenvalue weighted by atomic mass is 10.2. The summed E-state index contributed by atoms with van der Waals surface area (Å²) < 4.78 is 74.7. The molecule has 0 N–H and O–H groups in total. The molecule has 270 valence electrons. The van der Waals surface area contributed by atoms with E-state index in [0.717, 1.165) is 22.0 Å². The summed E-state index contributed by atoms with van der Waals surface area (Å²) in [4.78, 5) is 0.808. The van der Waals surface area contributed by atoms with Crippen molar-refractivity contribution in [3.8, 4) is 0 Å². The summed E-state index contributed by atoms with van der Waals surface area (Å²) >= 11 is 12.3. The lowest BCUT2D eigenvalue weighted by Gasteiger charge is -2.29. The molecule has 3 rings (SSSR count). The average molecular weight is 894 g/mol. The van der Waals surface area contributed by atoms with Gasteiger partial charge in [0.15, 0.2) is 0 Å². The van der Waals surface area contributed by atoms with E-state index < -0.39 is 29.1 Å². The van der Waals surface area contributed by atoms with Crippen molar-refractivity contribution in [1.82, 2.24) is 8.61 Å². The van der Waals surface area contributed by atoms with Crippen molar-refractivity contribution in [2.75, 3.05) is 0 Å². The van der Waals surface area contributed by atoms with E-state index >= 15 is 0 Å². The van der Waals surface area contributed by atoms with Crippen LogP contribution in [0.15, 0.2) is 87.5 Å². The maximum atomic E-state index is 12.5. The zero-order valence-electron chi connectivity index (χ0n) is 28.4. The zero-order valence-corrected chi connectivity index (χ0v) is 35.6. The van der Waals surface area contributed by atoms with Crippen LogP contribution >= 0.6 is 54.1 Å². The van der Waals surface area contributed by atoms with E-state index in [0.29, 0.717) is 21.0 Å². The van der Waals surface area contributed by atoms with E-state index in [9.17, 15) is 25.3 Å². The summed E-state index contributed by atoms with van der Waals surface area (Å²) in [6.45, 7) is 15.1. The predicted molar refractivity (Wildman–Crippen MR) is 206 cm³/mol. The van der Waals surface area contributed by atoms with E-state index in [1.807, 2.05) is 67.5 Å². The maximum absolute atomic E-state index is 12.5. The van der Waals surface area contributed by atoms with Gasteiger partial charge < -0.3 is 0 Å². The molecule has 3 aromatic rings. The molecule has 15 heteroatoms. The molecule has 0 radical (unpaired) electrons. The van der Waals surface area contributed by atoms with Gasteiger partial charge in [0, 0.05) is 51.4 Å². The molecule has 48 heavy (non-hydrogen) atoms. The number of benzene rings is 3. The van der Waals surface area contributed by atoms with Gasteiger partial charge in [-0.05, 0) is 108 Å². The Morgan fingerprint density at radius 3 is 0.958 bits per heavy atom. The van der Waals surface area contributed by atoms with Crippen LogP contribution in [0.5, 0.6) is 0 Å². The van der Waals surface area contributed by atoms with Crippen molar-refractivity contribution < 1.29 is 25.3 Å². The van der Waals surface area contributed by atoms with Crippen molar-refractivity contribution >= 4 is 83.2 Å². The van der Waals surface area contributed by atoms with Gasteiger partial charge in [0.1, 0.15) is 0 Å². The van der Waals surface area contributed by atoms with Gasteiger partial charge in [0.2, 0.25) is 20.0 Å². The fourth-order valence-corrected chi connectivity index (χ4v) is 10.2. The molecular weight excluding hydrogens is 847 g/mol. The van der Waals surface area contributed by atoms with Crippen LogP contribution in [0, 0.1) is 0 Å². The molecule has 0 unspecified atom stereocenters. The highest BCUT2D eigenvalue weighted by Crippen LogP contribution is 2.23. The minimum absolute atomic E-state index is 0.0501. The number of hydrogen-bond donors (Lipinski definition) is 0. The largest absolute Gasteiger partial charge is 0.261 e. The summed E-state index contributed by atoms with van der Waals surface area (Å²) in [5.74, 6) is 0.387. The number of nitrogens with zero attached hydrogens (tertiary/aromatic N) is 2. The van der Waals surface area contributed by atoms with Crippen molar-refractivity contribution in [2.45, 2.75) is 111 Å². The minimum Gasteiger partial charge on any atom is -0.207 e. The Hall–Kier alpha value is -1.03. The van der Waals surface area contributed by atoms with E-state index in [1.165, 1.54) is 20.7 Å². The van der Waals surface area contributed by atoms with Crippen LogP contribution in [0.3, 0.4) is 0 Å². The van der Waals surface area contributed by atoms with Gasteiger partial charge in [-0.25, -0.2) is 25.3 Å². The molecule has 0 atom stereocenters. The van der Waals surface area contributed by atoms with Crippen LogP contribution in [0.2, 0.25) is 0 Å². The standard InChI is InChI=1S/C13H20BrNO2S.C13H20ClNO2S.C7H6BrClO2S/c2*1-10(2)15(11(3)4)18(16,17)13-7-5-12(9-14)6-8-13;8-5-6-1-3-7(4-2-6)12(9,10)11/h2*5-8,10-11H,9H2,1-4H3;1-4H,5H2. The third kappa shape index (κ3) is 13.3. The predicted octanol–water partition coefficient (Wildman–Crippen LogP) is 9.13. The summed E-state index contributed by atoms with van der Waals surface area (Å²) in [6, 6.07) is 19.9. The number of rotatable bonds is 12. The van der Waals surface area contributed by atoms with Crippen molar-refractivity contribution in [2.24, 2.45) is 0 Å². The molecule has 0 spiro atoms. The Morgan fingerprint density at radius 2 is 0.750 bits per heavy atom. The SMILES string of the molecule is CC(C)N(C(C)C)S(=O)(=O)c1ccc(CBr)cc1.CC(C)N(C(C)C)S(=O)(=O)c1ccc(CCl)cc1.O=S(=O)(Cl)c1ccc(CBr)cc1. The van der Waals surface area contributed by atoms with E-state index in [2.05, 4.69) is 31.9 Å². The quantitative estimate of drug-likeness (QED) is 0.133. The molecule has 0 aliphatic heterocycles. The molecule has 0 aromatic heterocycles. The molecular formula is C33H46Br2Cl2N2O6S3. The van der Waals surface area contributed by atoms with Crippen LogP contribution in [0.4, 0.5) is 0 Å². The summed E-state index contributed by atoms with van der Waals surface area (Å²) in [5.41, 5.74) is 2.99. The fourth-order valence-electron chi connectivity index (χ4n) is 4.79. The van der Waals surface area contributed by atoms with Gasteiger partial charge in [-0.3, -0.25) is 0 Å². The molecule has 0 saturated heterocycles. The first kappa shape index (κ1) is 45.0. The van der Waals surface area contributed by atoms with Gasteiger partial charge in [-0.2, -0.15) is 8.61 Å². The molecule has 0 saturated carbocycles. The van der Waals surface area contributed by atoms with Gasteiger partial charge in [-0.15, -0.1) is 11.6 Å². The molecule has 0 aliphatic rings. The smallest absolute Gasteiger partial charge is 0.207 e. The normalized spacial score (nSPS) is 12.4. The molecule has 0 aliphatic carbocycles. The highest BCUT2D eigenvalue weighted by atomic mass is 79.9. The highest BCUT2D eigenvalue weighted by Gasteiger charge is 2.30. The lowest BCUT2D eigenvalue weighted by molar-refractivity contribution is 0.301. The van der Waals surface area contributed by atoms with E-state index in [-0.39, 0.29) is 29.1 Å². The van der Waals surface area contributed by atoms with Crippen LogP contribution in [-0.4, -0.2) is 58.0 Å². The van der Waals surface area contributed by atoms with Crippen LogP contribution in [0.25, 0.3) is 0 Å². The van der Waals surface area contributed by atoms with Gasteiger partial charge >= 0.3 is 0 Å². The fraction of sp³-hybridized carbons (Fsp3) is 0.455. The Labute approximate surface area is 315 Å². The second-order valence-electron chi connectivity index (χ2n) is 11.8. The maximum Gasteiger partial charge on any atom is 0.261 e. The molecule has 0 fully saturated rings. The Morgan fingerprint density at radius 1 is 0.500 bits per heavy atom. The number of sulfonamides is 2. The van der Waals surface area contributed by atoms with Gasteiger partial charge in [-0.1, -0.05) is 68.3 Å². The van der Waals surface area contributed by atoms with Gasteiger partial charge in [0.25, 0.3) is 9.05 Å². The average Bonchev–Trinajstić information content (AvgIpc) is 3.00. The number of halogens is 4. The summed E-state index contributed by atoms with van der Waals surface area (Å²) in [6.07, 6.45) is 0. The van der Waals surface area contributed by atoms with Crippen LogP contribution in [-0.2, 0) is 45.6 Å².